The zero-order valence-corrected chi connectivity index (χ0v) is 24.3. The Labute approximate surface area is 236 Å². The van der Waals surface area contributed by atoms with E-state index in [1.807, 2.05) is 30.3 Å². The molecule has 0 radical (unpaired) electrons. The Kier molecular flexibility index (Phi) is 13.1. The van der Waals surface area contributed by atoms with Crippen LogP contribution in [-0.2, 0) is 9.47 Å². The molecule has 1 saturated heterocycles. The first-order chi connectivity index (χ1) is 19.2. The summed E-state index contributed by atoms with van der Waals surface area (Å²) in [6.07, 6.45) is 20.7. The summed E-state index contributed by atoms with van der Waals surface area (Å²) in [5, 5.41) is 0. The molecule has 1 saturated carbocycles. The molecule has 3 nitrogen and oxygen atoms in total. The van der Waals surface area contributed by atoms with Gasteiger partial charge in [-0.15, -0.1) is 0 Å². The Balaban J connectivity index is 1.14. The van der Waals surface area contributed by atoms with E-state index in [1.54, 1.807) is 12.1 Å². The van der Waals surface area contributed by atoms with Gasteiger partial charge in [0.25, 0.3) is 0 Å². The normalized spacial score (nSPS) is 19.9. The highest BCUT2D eigenvalue weighted by molar-refractivity contribution is 5.64. The van der Waals surface area contributed by atoms with Crippen LogP contribution in [0.25, 0.3) is 11.1 Å². The molecule has 4 heteroatoms. The summed E-state index contributed by atoms with van der Waals surface area (Å²) in [4.78, 5) is 0. The summed E-state index contributed by atoms with van der Waals surface area (Å²) in [7, 11) is 0. The largest absolute Gasteiger partial charge is 0.491 e. The number of hydrogen-bond donors (Lipinski definition) is 0. The van der Waals surface area contributed by atoms with Gasteiger partial charge in [-0.2, -0.15) is 0 Å². The Morgan fingerprint density at radius 3 is 2.03 bits per heavy atom. The van der Waals surface area contributed by atoms with E-state index in [-0.39, 0.29) is 12.1 Å². The van der Waals surface area contributed by atoms with Crippen LogP contribution >= 0.6 is 0 Å². The van der Waals surface area contributed by atoms with Crippen LogP contribution < -0.4 is 4.74 Å². The highest BCUT2D eigenvalue weighted by Crippen LogP contribution is 2.31. The number of halogens is 1. The van der Waals surface area contributed by atoms with Gasteiger partial charge >= 0.3 is 0 Å². The minimum absolute atomic E-state index is 0.298. The second-order valence-electron chi connectivity index (χ2n) is 11.9. The van der Waals surface area contributed by atoms with Gasteiger partial charge in [-0.1, -0.05) is 127 Å². The average molecular weight is 539 g/mol. The molecule has 0 bridgehead atoms. The van der Waals surface area contributed by atoms with Crippen LogP contribution in [0.4, 0.5) is 4.39 Å². The summed E-state index contributed by atoms with van der Waals surface area (Å²) in [6.45, 7) is 4.36. The van der Waals surface area contributed by atoms with Gasteiger partial charge in [0, 0.05) is 11.5 Å². The molecule has 2 aliphatic rings. The van der Waals surface area contributed by atoms with Gasteiger partial charge in [0.05, 0.1) is 19.8 Å². The van der Waals surface area contributed by atoms with Crippen LogP contribution in [0.1, 0.15) is 122 Å². The highest BCUT2D eigenvalue weighted by Gasteiger charge is 2.23. The molecule has 2 aromatic rings. The maximum atomic E-state index is 14.7. The second-order valence-corrected chi connectivity index (χ2v) is 11.9. The molecule has 0 spiro atoms. The fraction of sp³-hybridized carbons (Fsp3) is 0.657. The maximum absolute atomic E-state index is 14.7. The lowest BCUT2D eigenvalue weighted by Crippen LogP contribution is -2.27. The maximum Gasteiger partial charge on any atom is 0.183 e. The van der Waals surface area contributed by atoms with Crippen LogP contribution in [0.5, 0.6) is 5.75 Å². The third-order valence-electron chi connectivity index (χ3n) is 8.62. The molecular formula is C35H51FO3. The van der Waals surface area contributed by atoms with Gasteiger partial charge in [-0.05, 0) is 42.0 Å². The Hall–Kier alpha value is -1.91. The summed E-state index contributed by atoms with van der Waals surface area (Å²) in [5.74, 6) is 1.50. The number of ether oxygens (including phenoxy) is 3. The first-order valence-corrected chi connectivity index (χ1v) is 16.0. The van der Waals surface area contributed by atoms with E-state index in [0.717, 1.165) is 48.7 Å². The standard InChI is InChI=1S/C35H51FO3/c1-2-3-4-5-6-7-9-17-29-26-38-35(39-27-29)31-20-18-30(19-21-31)32-22-23-34(33(36)25-32)37-24-13-8-10-14-28-15-11-12-16-28/h18-23,25,28-29,35H,2-17,24,26-27H2,1H3. The van der Waals surface area contributed by atoms with Crippen molar-refractivity contribution < 1.29 is 18.6 Å². The molecule has 0 unspecified atom stereocenters. The molecule has 0 N–H and O–H groups in total. The van der Waals surface area contributed by atoms with Gasteiger partial charge in [0.1, 0.15) is 0 Å². The third kappa shape index (κ3) is 10.2. The topological polar surface area (TPSA) is 27.7 Å². The van der Waals surface area contributed by atoms with Crippen molar-refractivity contribution in [1.29, 1.82) is 0 Å². The van der Waals surface area contributed by atoms with Crippen molar-refractivity contribution in [2.45, 2.75) is 116 Å². The molecule has 1 aliphatic heterocycles. The fourth-order valence-electron chi connectivity index (χ4n) is 6.12. The van der Waals surface area contributed by atoms with E-state index < -0.39 is 0 Å². The van der Waals surface area contributed by atoms with Gasteiger partial charge in [-0.3, -0.25) is 0 Å². The molecule has 39 heavy (non-hydrogen) atoms. The van der Waals surface area contributed by atoms with E-state index >= 15 is 0 Å². The predicted molar refractivity (Wildman–Crippen MR) is 159 cm³/mol. The average Bonchev–Trinajstić information content (AvgIpc) is 3.49. The van der Waals surface area contributed by atoms with E-state index in [2.05, 4.69) is 6.92 Å². The van der Waals surface area contributed by atoms with Crippen LogP contribution in [-0.4, -0.2) is 19.8 Å². The number of benzene rings is 2. The SMILES string of the molecule is CCCCCCCCCC1COC(c2ccc(-c3ccc(OCCCCCC4CCCC4)c(F)c3)cc2)OC1. The Morgan fingerprint density at radius 1 is 0.718 bits per heavy atom. The van der Waals surface area contributed by atoms with Crippen LogP contribution in [0.2, 0.25) is 0 Å². The lowest BCUT2D eigenvalue weighted by molar-refractivity contribution is -0.206. The lowest BCUT2D eigenvalue weighted by atomic mass is 10.00. The van der Waals surface area contributed by atoms with Gasteiger partial charge in [0.2, 0.25) is 0 Å². The molecule has 1 aliphatic carbocycles. The Morgan fingerprint density at radius 2 is 1.33 bits per heavy atom. The molecular weight excluding hydrogens is 487 g/mol. The summed E-state index contributed by atoms with van der Waals surface area (Å²) in [5.41, 5.74) is 2.84. The first-order valence-electron chi connectivity index (χ1n) is 16.0. The monoisotopic (exact) mass is 538 g/mol. The second kappa shape index (κ2) is 17.0. The van der Waals surface area contributed by atoms with Crippen LogP contribution in [0, 0.1) is 17.7 Å². The summed E-state index contributed by atoms with van der Waals surface area (Å²) >= 11 is 0. The van der Waals surface area contributed by atoms with Gasteiger partial charge in [0.15, 0.2) is 17.9 Å². The zero-order valence-electron chi connectivity index (χ0n) is 24.3. The van der Waals surface area contributed by atoms with E-state index in [4.69, 9.17) is 14.2 Å². The molecule has 0 atom stereocenters. The van der Waals surface area contributed by atoms with Crippen molar-refractivity contribution in [3.05, 3.63) is 53.8 Å². The van der Waals surface area contributed by atoms with Crippen LogP contribution in [0.3, 0.4) is 0 Å². The number of unbranched alkanes of at least 4 members (excludes halogenated alkanes) is 8. The predicted octanol–water partition coefficient (Wildman–Crippen LogP) is 10.4. The molecule has 1 heterocycles. The van der Waals surface area contributed by atoms with Gasteiger partial charge in [-0.25, -0.2) is 4.39 Å². The molecule has 2 aromatic carbocycles. The van der Waals surface area contributed by atoms with Crippen molar-refractivity contribution in [1.82, 2.24) is 0 Å². The molecule has 216 valence electrons. The quantitative estimate of drug-likeness (QED) is 0.187. The smallest absolute Gasteiger partial charge is 0.183 e. The Bertz CT molecular complexity index is 929. The van der Waals surface area contributed by atoms with E-state index in [1.165, 1.54) is 89.9 Å². The van der Waals surface area contributed by atoms with Crippen molar-refractivity contribution in [3.8, 4) is 16.9 Å². The molecule has 0 amide bonds. The van der Waals surface area contributed by atoms with Crippen molar-refractivity contribution in [3.63, 3.8) is 0 Å². The van der Waals surface area contributed by atoms with Crippen LogP contribution in [0.15, 0.2) is 42.5 Å². The summed E-state index contributed by atoms with van der Waals surface area (Å²) < 4.78 is 32.6. The number of hydrogen-bond acceptors (Lipinski definition) is 3. The van der Waals surface area contributed by atoms with Crippen molar-refractivity contribution in [2.75, 3.05) is 19.8 Å². The van der Waals surface area contributed by atoms with E-state index in [0.29, 0.717) is 18.3 Å². The third-order valence-corrected chi connectivity index (χ3v) is 8.62. The van der Waals surface area contributed by atoms with Crippen molar-refractivity contribution in [2.24, 2.45) is 11.8 Å². The minimum Gasteiger partial charge on any atom is -0.491 e. The molecule has 2 fully saturated rings. The highest BCUT2D eigenvalue weighted by atomic mass is 19.1. The zero-order chi connectivity index (χ0) is 27.1. The van der Waals surface area contributed by atoms with Gasteiger partial charge < -0.3 is 14.2 Å². The number of rotatable bonds is 17. The van der Waals surface area contributed by atoms with Crippen molar-refractivity contribution >= 4 is 0 Å². The molecule has 4 rings (SSSR count). The minimum atomic E-state index is -0.310. The van der Waals surface area contributed by atoms with E-state index in [9.17, 15) is 4.39 Å². The lowest BCUT2D eigenvalue weighted by Gasteiger charge is -2.29. The summed E-state index contributed by atoms with van der Waals surface area (Å²) in [6, 6.07) is 13.4. The first kappa shape index (κ1) is 30.1. The fourth-order valence-corrected chi connectivity index (χ4v) is 6.12. The molecule has 0 aromatic heterocycles.